The number of anilines is 1. The highest BCUT2D eigenvalue weighted by Crippen LogP contribution is 2.33. The molecule has 2 aromatic heterocycles. The predicted octanol–water partition coefficient (Wildman–Crippen LogP) is 4.56. The lowest BCUT2D eigenvalue weighted by Crippen LogP contribution is -2.11. The number of rotatable bonds is 4. The van der Waals surface area contributed by atoms with Crippen LogP contribution in [0.4, 0.5) is 9.52 Å². The maximum absolute atomic E-state index is 13.9. The summed E-state index contributed by atoms with van der Waals surface area (Å²) in [5.74, 6) is 0.322. The molecule has 22 heavy (non-hydrogen) atoms. The second kappa shape index (κ2) is 6.31. The van der Waals surface area contributed by atoms with Gasteiger partial charge in [0.1, 0.15) is 5.82 Å². The first-order chi connectivity index (χ1) is 10.6. The fourth-order valence-corrected chi connectivity index (χ4v) is 4.83. The second-order valence-corrected chi connectivity index (χ2v) is 7.97. The number of nitrogens with one attached hydrogen (secondary N) is 1. The molecule has 0 saturated heterocycles. The number of aromatic nitrogens is 2. The lowest BCUT2D eigenvalue weighted by atomic mass is 10.1. The zero-order chi connectivity index (χ0) is 15.7. The number of aryl methyl sites for hydroxylation is 1. The molecule has 0 atom stereocenters. The van der Waals surface area contributed by atoms with Gasteiger partial charge >= 0.3 is 0 Å². The van der Waals surface area contributed by atoms with Gasteiger partial charge in [-0.05, 0) is 30.4 Å². The molecule has 1 amide bonds. The molecule has 0 aliphatic carbocycles. The van der Waals surface area contributed by atoms with E-state index in [1.54, 1.807) is 24.8 Å². The Balaban J connectivity index is 1.88. The van der Waals surface area contributed by atoms with Crippen molar-refractivity contribution in [3.05, 3.63) is 34.5 Å². The number of carbonyl (C=O) groups excluding carboxylic acids is 1. The van der Waals surface area contributed by atoms with Gasteiger partial charge in [0.25, 0.3) is 5.91 Å². The van der Waals surface area contributed by atoms with E-state index in [1.807, 2.05) is 13.0 Å². The van der Waals surface area contributed by atoms with Crippen LogP contribution in [0.3, 0.4) is 0 Å². The van der Waals surface area contributed by atoms with Crippen molar-refractivity contribution in [2.45, 2.75) is 18.2 Å². The number of halogens is 1. The minimum Gasteiger partial charge on any atom is -0.296 e. The lowest BCUT2D eigenvalue weighted by Gasteiger charge is -1.99. The van der Waals surface area contributed by atoms with Crippen LogP contribution in [0.2, 0.25) is 0 Å². The van der Waals surface area contributed by atoms with E-state index < -0.39 is 0 Å². The quantitative estimate of drug-likeness (QED) is 0.552. The summed E-state index contributed by atoms with van der Waals surface area (Å²) in [4.78, 5) is 12.9. The molecule has 8 heteroatoms. The molecule has 3 aromatic rings. The lowest BCUT2D eigenvalue weighted by molar-refractivity contribution is 0.103. The van der Waals surface area contributed by atoms with Gasteiger partial charge in [0.05, 0.1) is 4.88 Å². The van der Waals surface area contributed by atoms with Crippen LogP contribution in [-0.4, -0.2) is 21.9 Å². The Bertz CT molecular complexity index is 843. The highest BCUT2D eigenvalue weighted by Gasteiger charge is 2.19. The second-order valence-electron chi connectivity index (χ2n) is 4.43. The fourth-order valence-electron chi connectivity index (χ4n) is 2.07. The van der Waals surface area contributed by atoms with Crippen molar-refractivity contribution >= 4 is 55.6 Å². The van der Waals surface area contributed by atoms with E-state index in [9.17, 15) is 9.18 Å². The molecule has 0 saturated carbocycles. The molecular formula is C14H12FN3OS3. The topological polar surface area (TPSA) is 54.9 Å². The summed E-state index contributed by atoms with van der Waals surface area (Å²) in [5.41, 5.74) is 0.656. The van der Waals surface area contributed by atoms with Crippen molar-refractivity contribution in [3.8, 4) is 0 Å². The summed E-state index contributed by atoms with van der Waals surface area (Å²) < 4.78 is 15.5. The fraction of sp³-hybridized carbons (Fsp3) is 0.214. The van der Waals surface area contributed by atoms with E-state index >= 15 is 0 Å². The van der Waals surface area contributed by atoms with Gasteiger partial charge in [-0.25, -0.2) is 4.39 Å². The number of thioether (sulfide) groups is 1. The first kappa shape index (κ1) is 15.4. The van der Waals surface area contributed by atoms with Crippen LogP contribution in [0.5, 0.6) is 0 Å². The number of hydrogen-bond acceptors (Lipinski definition) is 6. The molecule has 4 nitrogen and oxygen atoms in total. The van der Waals surface area contributed by atoms with Gasteiger partial charge < -0.3 is 0 Å². The van der Waals surface area contributed by atoms with E-state index in [0.29, 0.717) is 21.0 Å². The molecule has 0 radical (unpaired) electrons. The molecule has 0 bridgehead atoms. The van der Waals surface area contributed by atoms with Crippen LogP contribution in [0.15, 0.2) is 22.5 Å². The van der Waals surface area contributed by atoms with Crippen molar-refractivity contribution in [1.82, 2.24) is 10.2 Å². The smallest absolute Gasteiger partial charge is 0.267 e. The molecule has 3 rings (SSSR count). The summed E-state index contributed by atoms with van der Waals surface area (Å²) in [6.07, 6.45) is 0. The van der Waals surface area contributed by atoms with Crippen molar-refractivity contribution in [2.75, 3.05) is 11.1 Å². The van der Waals surface area contributed by atoms with E-state index in [1.165, 1.54) is 28.7 Å². The monoisotopic (exact) mass is 353 g/mol. The van der Waals surface area contributed by atoms with Gasteiger partial charge in [-0.3, -0.25) is 10.1 Å². The number of nitrogens with zero attached hydrogens (tertiary/aromatic N) is 2. The van der Waals surface area contributed by atoms with Gasteiger partial charge in [-0.1, -0.05) is 36.1 Å². The largest absolute Gasteiger partial charge is 0.296 e. The molecule has 2 heterocycles. The van der Waals surface area contributed by atoms with Crippen LogP contribution in [0, 0.1) is 12.7 Å². The van der Waals surface area contributed by atoms with E-state index in [-0.39, 0.29) is 11.7 Å². The maximum Gasteiger partial charge on any atom is 0.267 e. The van der Waals surface area contributed by atoms with Gasteiger partial charge in [0.15, 0.2) is 4.34 Å². The minimum atomic E-state index is -0.303. The van der Waals surface area contributed by atoms with Crippen LogP contribution in [0.25, 0.3) is 10.1 Å². The number of carbonyl (C=O) groups is 1. The molecule has 0 aliphatic rings. The zero-order valence-electron chi connectivity index (χ0n) is 11.8. The number of amides is 1. The molecule has 0 aliphatic heterocycles. The maximum atomic E-state index is 13.9. The van der Waals surface area contributed by atoms with Crippen molar-refractivity contribution in [1.29, 1.82) is 0 Å². The SMILES string of the molecule is CCSc1nnc(NC(=O)c2sc3cccc(F)c3c2C)s1. The summed E-state index contributed by atoms with van der Waals surface area (Å²) in [5, 5.41) is 11.6. The third-order valence-corrected chi connectivity index (χ3v) is 6.11. The minimum absolute atomic E-state index is 0.276. The third-order valence-electron chi connectivity index (χ3n) is 3.00. The number of thiophene rings is 1. The standard InChI is InChI=1S/C14H12FN3OS3/c1-3-20-14-18-17-13(22-14)16-12(19)11-7(2)10-8(15)5-4-6-9(10)21-11/h4-6H,3H2,1-2H3,(H,16,17,19). The Morgan fingerprint density at radius 3 is 2.91 bits per heavy atom. The van der Waals surface area contributed by atoms with Gasteiger partial charge in [0.2, 0.25) is 5.13 Å². The Morgan fingerprint density at radius 2 is 2.18 bits per heavy atom. The molecule has 0 fully saturated rings. The van der Waals surface area contributed by atoms with Crippen LogP contribution >= 0.6 is 34.4 Å². The van der Waals surface area contributed by atoms with Crippen molar-refractivity contribution < 1.29 is 9.18 Å². The number of hydrogen-bond donors (Lipinski definition) is 1. The third kappa shape index (κ3) is 2.86. The number of fused-ring (bicyclic) bond motifs is 1. The highest BCUT2D eigenvalue weighted by molar-refractivity contribution is 8.01. The summed E-state index contributed by atoms with van der Waals surface area (Å²) >= 11 is 4.19. The van der Waals surface area contributed by atoms with Crippen LogP contribution < -0.4 is 5.32 Å². The Labute approximate surface area is 138 Å². The van der Waals surface area contributed by atoms with Gasteiger partial charge in [0, 0.05) is 10.1 Å². The van der Waals surface area contributed by atoms with E-state index in [4.69, 9.17) is 0 Å². The summed E-state index contributed by atoms with van der Waals surface area (Å²) in [7, 11) is 0. The normalized spacial score (nSPS) is 11.0. The average Bonchev–Trinajstić information content (AvgIpc) is 3.05. The van der Waals surface area contributed by atoms with E-state index in [0.717, 1.165) is 14.8 Å². The Hall–Kier alpha value is -1.51. The molecular weight excluding hydrogens is 341 g/mol. The molecule has 114 valence electrons. The molecule has 0 unspecified atom stereocenters. The molecule has 1 aromatic carbocycles. The zero-order valence-corrected chi connectivity index (χ0v) is 14.3. The van der Waals surface area contributed by atoms with Crippen LogP contribution in [0.1, 0.15) is 22.2 Å². The van der Waals surface area contributed by atoms with Crippen LogP contribution in [-0.2, 0) is 0 Å². The highest BCUT2D eigenvalue weighted by atomic mass is 32.2. The first-order valence-electron chi connectivity index (χ1n) is 6.55. The molecule has 0 spiro atoms. The predicted molar refractivity (Wildman–Crippen MR) is 90.8 cm³/mol. The van der Waals surface area contributed by atoms with Gasteiger partial charge in [-0.2, -0.15) is 0 Å². The first-order valence-corrected chi connectivity index (χ1v) is 9.17. The molecule has 1 N–H and O–H groups in total. The Kier molecular flexibility index (Phi) is 4.42. The van der Waals surface area contributed by atoms with Crippen molar-refractivity contribution in [3.63, 3.8) is 0 Å². The Morgan fingerprint density at radius 1 is 1.36 bits per heavy atom. The van der Waals surface area contributed by atoms with E-state index in [2.05, 4.69) is 15.5 Å². The number of benzene rings is 1. The van der Waals surface area contributed by atoms with Crippen molar-refractivity contribution in [2.24, 2.45) is 0 Å². The summed E-state index contributed by atoms with van der Waals surface area (Å²) in [6, 6.07) is 4.87. The summed E-state index contributed by atoms with van der Waals surface area (Å²) in [6.45, 7) is 3.79. The average molecular weight is 353 g/mol. The van der Waals surface area contributed by atoms with Gasteiger partial charge in [-0.15, -0.1) is 21.5 Å².